The molecule has 2 N–H and O–H groups in total. The van der Waals surface area contributed by atoms with Gasteiger partial charge in [0, 0.05) is 6.42 Å². The molecule has 2 aliphatic carbocycles. The zero-order valence-corrected chi connectivity index (χ0v) is 11.7. The summed E-state index contributed by atoms with van der Waals surface area (Å²) in [5.74, 6) is 2.45. The first kappa shape index (κ1) is 13.9. The molecule has 0 unspecified atom stereocenters. The predicted octanol–water partition coefficient (Wildman–Crippen LogP) is 4.03. The van der Waals surface area contributed by atoms with Crippen molar-refractivity contribution in [2.75, 3.05) is 0 Å². The molecule has 104 valence electrons. The molecule has 1 amide bonds. The summed E-state index contributed by atoms with van der Waals surface area (Å²) < 4.78 is 0. The van der Waals surface area contributed by atoms with Crippen LogP contribution in [0, 0.1) is 17.8 Å². The minimum absolute atomic E-state index is 0.111. The van der Waals surface area contributed by atoms with E-state index in [1.165, 1.54) is 70.6 Å². The van der Waals surface area contributed by atoms with Crippen LogP contribution in [0.2, 0.25) is 0 Å². The van der Waals surface area contributed by atoms with E-state index in [1.54, 1.807) is 0 Å². The lowest BCUT2D eigenvalue weighted by Gasteiger charge is -2.29. The Morgan fingerprint density at radius 1 is 0.778 bits per heavy atom. The van der Waals surface area contributed by atoms with Crippen LogP contribution in [0.3, 0.4) is 0 Å². The van der Waals surface area contributed by atoms with E-state index in [0.29, 0.717) is 12.3 Å². The molecule has 2 aliphatic rings. The van der Waals surface area contributed by atoms with Crippen LogP contribution in [0.4, 0.5) is 0 Å². The minimum atomic E-state index is -0.111. The average molecular weight is 251 g/mol. The first-order valence-electron chi connectivity index (χ1n) is 8.02. The Bertz CT molecular complexity index is 250. The van der Waals surface area contributed by atoms with Gasteiger partial charge in [-0.1, -0.05) is 57.8 Å². The molecular weight excluding hydrogens is 222 g/mol. The lowest BCUT2D eigenvalue weighted by atomic mass is 9.76. The van der Waals surface area contributed by atoms with Gasteiger partial charge in [-0.25, -0.2) is 0 Å². The van der Waals surface area contributed by atoms with Crippen LogP contribution in [0.1, 0.15) is 77.0 Å². The minimum Gasteiger partial charge on any atom is -0.370 e. The molecule has 0 aromatic rings. The second-order valence-corrected chi connectivity index (χ2v) is 6.64. The van der Waals surface area contributed by atoms with E-state index in [9.17, 15) is 4.79 Å². The van der Waals surface area contributed by atoms with Gasteiger partial charge in [-0.2, -0.15) is 0 Å². The largest absolute Gasteiger partial charge is 0.370 e. The highest BCUT2D eigenvalue weighted by molar-refractivity contribution is 5.73. The highest BCUT2D eigenvalue weighted by Crippen LogP contribution is 2.36. The third kappa shape index (κ3) is 4.62. The highest BCUT2D eigenvalue weighted by Gasteiger charge is 2.23. The molecule has 2 saturated carbocycles. The molecule has 2 fully saturated rings. The summed E-state index contributed by atoms with van der Waals surface area (Å²) >= 11 is 0. The van der Waals surface area contributed by atoms with Gasteiger partial charge in [0.1, 0.15) is 0 Å². The molecule has 0 aliphatic heterocycles. The number of nitrogens with two attached hydrogens (primary N) is 1. The highest BCUT2D eigenvalue weighted by atomic mass is 16.1. The van der Waals surface area contributed by atoms with Crippen molar-refractivity contribution in [2.24, 2.45) is 23.5 Å². The Morgan fingerprint density at radius 3 is 1.83 bits per heavy atom. The van der Waals surface area contributed by atoms with Gasteiger partial charge in [0.25, 0.3) is 0 Å². The van der Waals surface area contributed by atoms with Crippen LogP contribution in [0.25, 0.3) is 0 Å². The van der Waals surface area contributed by atoms with Crippen LogP contribution in [-0.4, -0.2) is 5.91 Å². The summed E-state index contributed by atoms with van der Waals surface area (Å²) in [6.07, 6.45) is 16.0. The number of primary amides is 1. The summed E-state index contributed by atoms with van der Waals surface area (Å²) in [4.78, 5) is 10.9. The van der Waals surface area contributed by atoms with Crippen molar-refractivity contribution in [1.29, 1.82) is 0 Å². The Hall–Kier alpha value is -0.530. The smallest absolute Gasteiger partial charge is 0.217 e. The van der Waals surface area contributed by atoms with E-state index in [4.69, 9.17) is 5.73 Å². The van der Waals surface area contributed by atoms with E-state index in [1.807, 2.05) is 0 Å². The lowest BCUT2D eigenvalue weighted by Crippen LogP contribution is -2.21. The second kappa shape index (κ2) is 7.16. The molecule has 0 saturated heterocycles. The van der Waals surface area contributed by atoms with Crippen molar-refractivity contribution >= 4 is 5.91 Å². The first-order chi connectivity index (χ1) is 8.74. The van der Waals surface area contributed by atoms with E-state index < -0.39 is 0 Å². The molecule has 2 nitrogen and oxygen atoms in total. The van der Waals surface area contributed by atoms with Gasteiger partial charge in [0.15, 0.2) is 0 Å². The standard InChI is InChI=1S/C16H29NO/c17-16(18)12-15-10-8-14(9-11-15)7-6-13-4-2-1-3-5-13/h13-15H,1-12H2,(H2,17,18). The maximum absolute atomic E-state index is 10.9. The number of hydrogen-bond acceptors (Lipinski definition) is 1. The summed E-state index contributed by atoms with van der Waals surface area (Å²) in [6.45, 7) is 0. The van der Waals surface area contributed by atoms with Gasteiger partial charge in [0.2, 0.25) is 5.91 Å². The lowest BCUT2D eigenvalue weighted by molar-refractivity contribution is -0.119. The van der Waals surface area contributed by atoms with E-state index in [-0.39, 0.29) is 5.91 Å². The Balaban J connectivity index is 1.59. The van der Waals surface area contributed by atoms with Crippen LogP contribution in [0.15, 0.2) is 0 Å². The maximum atomic E-state index is 10.9. The van der Waals surface area contributed by atoms with Gasteiger partial charge < -0.3 is 5.73 Å². The Morgan fingerprint density at radius 2 is 1.28 bits per heavy atom. The molecular formula is C16H29NO. The summed E-state index contributed by atoms with van der Waals surface area (Å²) in [7, 11) is 0. The third-order valence-corrected chi connectivity index (χ3v) is 5.16. The fourth-order valence-corrected chi connectivity index (χ4v) is 3.96. The molecule has 2 heteroatoms. The van der Waals surface area contributed by atoms with Gasteiger partial charge in [-0.05, 0) is 30.6 Å². The molecule has 0 aromatic heterocycles. The van der Waals surface area contributed by atoms with E-state index >= 15 is 0 Å². The normalized spacial score (nSPS) is 30.2. The second-order valence-electron chi connectivity index (χ2n) is 6.64. The fraction of sp³-hybridized carbons (Fsp3) is 0.938. The van der Waals surface area contributed by atoms with Gasteiger partial charge in [-0.3, -0.25) is 4.79 Å². The SMILES string of the molecule is NC(=O)CC1CCC(CCC2CCCCC2)CC1. The summed E-state index contributed by atoms with van der Waals surface area (Å²) in [6, 6.07) is 0. The Kier molecular flexibility index (Phi) is 5.52. The van der Waals surface area contributed by atoms with Crippen LogP contribution in [-0.2, 0) is 4.79 Å². The number of amides is 1. The molecule has 0 atom stereocenters. The fourth-order valence-electron chi connectivity index (χ4n) is 3.96. The zero-order chi connectivity index (χ0) is 12.8. The number of hydrogen-bond donors (Lipinski definition) is 1. The molecule has 0 heterocycles. The van der Waals surface area contributed by atoms with E-state index in [2.05, 4.69) is 0 Å². The Labute approximate surface area is 112 Å². The third-order valence-electron chi connectivity index (χ3n) is 5.16. The van der Waals surface area contributed by atoms with Crippen LogP contribution in [0.5, 0.6) is 0 Å². The van der Waals surface area contributed by atoms with Crippen molar-refractivity contribution in [3.8, 4) is 0 Å². The predicted molar refractivity (Wildman–Crippen MR) is 75.1 cm³/mol. The molecule has 0 spiro atoms. The quantitative estimate of drug-likeness (QED) is 0.787. The first-order valence-corrected chi connectivity index (χ1v) is 8.02. The van der Waals surface area contributed by atoms with Gasteiger partial charge in [0.05, 0.1) is 0 Å². The van der Waals surface area contributed by atoms with Crippen molar-refractivity contribution in [2.45, 2.75) is 77.0 Å². The number of carbonyl (C=O) groups excluding carboxylic acids is 1. The van der Waals surface area contributed by atoms with Crippen LogP contribution >= 0.6 is 0 Å². The molecule has 18 heavy (non-hydrogen) atoms. The van der Waals surface area contributed by atoms with Crippen LogP contribution < -0.4 is 5.73 Å². The van der Waals surface area contributed by atoms with Crippen molar-refractivity contribution in [3.63, 3.8) is 0 Å². The van der Waals surface area contributed by atoms with Gasteiger partial charge in [-0.15, -0.1) is 0 Å². The topological polar surface area (TPSA) is 43.1 Å². The number of carbonyl (C=O) groups is 1. The molecule has 0 bridgehead atoms. The van der Waals surface area contributed by atoms with Crippen molar-refractivity contribution in [1.82, 2.24) is 0 Å². The summed E-state index contributed by atoms with van der Waals surface area (Å²) in [5.41, 5.74) is 5.28. The average Bonchev–Trinajstić information content (AvgIpc) is 2.38. The zero-order valence-electron chi connectivity index (χ0n) is 11.7. The monoisotopic (exact) mass is 251 g/mol. The van der Waals surface area contributed by atoms with Crippen molar-refractivity contribution < 1.29 is 4.79 Å². The molecule has 0 radical (unpaired) electrons. The molecule has 2 rings (SSSR count). The maximum Gasteiger partial charge on any atom is 0.217 e. The summed E-state index contributed by atoms with van der Waals surface area (Å²) in [5, 5.41) is 0. The number of rotatable bonds is 5. The van der Waals surface area contributed by atoms with Gasteiger partial charge >= 0.3 is 0 Å². The molecule has 0 aromatic carbocycles. The van der Waals surface area contributed by atoms with Crippen molar-refractivity contribution in [3.05, 3.63) is 0 Å². The van der Waals surface area contributed by atoms with E-state index in [0.717, 1.165) is 11.8 Å².